The van der Waals surface area contributed by atoms with E-state index in [4.69, 9.17) is 0 Å². The molecule has 2 saturated heterocycles. The summed E-state index contributed by atoms with van der Waals surface area (Å²) >= 11 is 0. The van der Waals surface area contributed by atoms with E-state index in [2.05, 4.69) is 29.2 Å². The summed E-state index contributed by atoms with van der Waals surface area (Å²) in [6, 6.07) is 15.2. The SMILES string of the molecule is CC(=O)N1CCCCN2[C@H](CO)[C@H](c3ccc(-c4ccc(F)cc4)cc3)[C@@H]2C1. The molecule has 2 aromatic carbocycles. The number of aliphatic hydroxyl groups excluding tert-OH is 1. The fourth-order valence-corrected chi connectivity index (χ4v) is 4.77. The predicted octanol–water partition coefficient (Wildman–Crippen LogP) is 3.26. The van der Waals surface area contributed by atoms with Gasteiger partial charge in [0.1, 0.15) is 5.82 Å². The van der Waals surface area contributed by atoms with Crippen LogP contribution in [0, 0.1) is 5.82 Å². The summed E-state index contributed by atoms with van der Waals surface area (Å²) in [4.78, 5) is 16.3. The first-order valence-corrected chi connectivity index (χ1v) is 10.1. The predicted molar refractivity (Wildman–Crippen MR) is 107 cm³/mol. The highest BCUT2D eigenvalue weighted by molar-refractivity contribution is 5.73. The molecule has 0 bridgehead atoms. The van der Waals surface area contributed by atoms with Crippen LogP contribution >= 0.6 is 0 Å². The molecule has 2 aliphatic rings. The number of benzene rings is 2. The number of carbonyl (C=O) groups excluding carboxylic acids is 1. The lowest BCUT2D eigenvalue weighted by Gasteiger charge is -2.57. The molecule has 2 aromatic rings. The lowest BCUT2D eigenvalue weighted by molar-refractivity contribution is -0.134. The zero-order valence-electron chi connectivity index (χ0n) is 16.2. The molecule has 3 atom stereocenters. The van der Waals surface area contributed by atoms with E-state index in [1.54, 1.807) is 19.1 Å². The Balaban J connectivity index is 1.57. The molecule has 2 fully saturated rings. The van der Waals surface area contributed by atoms with E-state index in [-0.39, 0.29) is 36.3 Å². The lowest BCUT2D eigenvalue weighted by Crippen LogP contribution is -2.67. The van der Waals surface area contributed by atoms with Gasteiger partial charge in [0.2, 0.25) is 5.91 Å². The highest BCUT2D eigenvalue weighted by atomic mass is 19.1. The summed E-state index contributed by atoms with van der Waals surface area (Å²) < 4.78 is 13.2. The van der Waals surface area contributed by atoms with E-state index >= 15 is 0 Å². The Morgan fingerprint density at radius 1 is 1.04 bits per heavy atom. The third-order valence-electron chi connectivity index (χ3n) is 6.29. The molecule has 4 rings (SSSR count). The van der Waals surface area contributed by atoms with Crippen LogP contribution in [0.25, 0.3) is 11.1 Å². The number of hydrogen-bond donors (Lipinski definition) is 1. The van der Waals surface area contributed by atoms with Crippen LogP contribution in [-0.2, 0) is 4.79 Å². The summed E-state index contributed by atoms with van der Waals surface area (Å²) in [6.07, 6.45) is 2.06. The molecule has 0 radical (unpaired) electrons. The number of amides is 1. The quantitative estimate of drug-likeness (QED) is 0.886. The Kier molecular flexibility index (Phi) is 5.47. The van der Waals surface area contributed by atoms with Crippen molar-refractivity contribution in [3.05, 3.63) is 59.9 Å². The fraction of sp³-hybridized carbons (Fsp3) is 0.435. The maximum atomic E-state index is 13.2. The van der Waals surface area contributed by atoms with Crippen molar-refractivity contribution in [2.45, 2.75) is 37.8 Å². The van der Waals surface area contributed by atoms with Gasteiger partial charge < -0.3 is 10.0 Å². The van der Waals surface area contributed by atoms with Crippen LogP contribution in [0.5, 0.6) is 0 Å². The Bertz CT molecular complexity index is 822. The lowest BCUT2D eigenvalue weighted by atomic mass is 9.74. The summed E-state index contributed by atoms with van der Waals surface area (Å²) in [5, 5.41) is 9.99. The van der Waals surface area contributed by atoms with Crippen LogP contribution in [0.2, 0.25) is 0 Å². The highest BCUT2D eigenvalue weighted by Gasteiger charge is 2.49. The van der Waals surface area contributed by atoms with Gasteiger partial charge >= 0.3 is 0 Å². The smallest absolute Gasteiger partial charge is 0.219 e. The third kappa shape index (κ3) is 3.56. The van der Waals surface area contributed by atoms with Crippen LogP contribution < -0.4 is 0 Å². The molecule has 0 aromatic heterocycles. The molecule has 0 saturated carbocycles. The van der Waals surface area contributed by atoms with Crippen LogP contribution in [-0.4, -0.2) is 59.1 Å². The summed E-state index contributed by atoms with van der Waals surface area (Å²) in [7, 11) is 0. The zero-order chi connectivity index (χ0) is 19.7. The van der Waals surface area contributed by atoms with Crippen molar-refractivity contribution in [1.82, 2.24) is 9.80 Å². The zero-order valence-corrected chi connectivity index (χ0v) is 16.2. The van der Waals surface area contributed by atoms with Gasteiger partial charge in [0, 0.05) is 38.0 Å². The molecule has 0 aliphatic carbocycles. The van der Waals surface area contributed by atoms with Crippen molar-refractivity contribution in [2.75, 3.05) is 26.2 Å². The largest absolute Gasteiger partial charge is 0.395 e. The molecule has 0 spiro atoms. The molecule has 4 nitrogen and oxygen atoms in total. The molecule has 2 aliphatic heterocycles. The second-order valence-electron chi connectivity index (χ2n) is 7.88. The second kappa shape index (κ2) is 8.02. The topological polar surface area (TPSA) is 43.8 Å². The van der Waals surface area contributed by atoms with Gasteiger partial charge in [-0.25, -0.2) is 4.39 Å². The number of rotatable bonds is 3. The summed E-state index contributed by atoms with van der Waals surface area (Å²) in [5.41, 5.74) is 3.22. The normalized spacial score (nSPS) is 25.4. The van der Waals surface area contributed by atoms with Crippen LogP contribution in [0.3, 0.4) is 0 Å². The first-order chi connectivity index (χ1) is 13.6. The molecule has 1 N–H and O–H groups in total. The molecule has 5 heteroatoms. The Morgan fingerprint density at radius 3 is 2.25 bits per heavy atom. The van der Waals surface area contributed by atoms with E-state index in [1.165, 1.54) is 17.7 Å². The van der Waals surface area contributed by atoms with E-state index in [0.29, 0.717) is 0 Å². The van der Waals surface area contributed by atoms with E-state index in [9.17, 15) is 14.3 Å². The van der Waals surface area contributed by atoms with Gasteiger partial charge in [-0.05, 0) is 48.2 Å². The van der Waals surface area contributed by atoms with Gasteiger partial charge in [-0.2, -0.15) is 0 Å². The van der Waals surface area contributed by atoms with Gasteiger partial charge in [-0.15, -0.1) is 0 Å². The van der Waals surface area contributed by atoms with Gasteiger partial charge in [-0.1, -0.05) is 36.4 Å². The molecule has 148 valence electrons. The number of aliphatic hydroxyl groups is 1. The minimum atomic E-state index is -0.236. The van der Waals surface area contributed by atoms with Crippen molar-refractivity contribution in [1.29, 1.82) is 0 Å². The van der Waals surface area contributed by atoms with E-state index < -0.39 is 0 Å². The number of fused-ring (bicyclic) bond motifs is 1. The third-order valence-corrected chi connectivity index (χ3v) is 6.29. The van der Waals surface area contributed by atoms with E-state index in [0.717, 1.165) is 43.6 Å². The highest BCUT2D eigenvalue weighted by Crippen LogP contribution is 2.42. The Hall–Kier alpha value is -2.24. The molecule has 1 amide bonds. The molecule has 2 heterocycles. The van der Waals surface area contributed by atoms with Crippen molar-refractivity contribution in [3.8, 4) is 11.1 Å². The monoisotopic (exact) mass is 382 g/mol. The number of nitrogens with zero attached hydrogens (tertiary/aromatic N) is 2. The molecular formula is C23H27FN2O2. The first-order valence-electron chi connectivity index (χ1n) is 10.1. The van der Waals surface area contributed by atoms with Gasteiger partial charge in [0.15, 0.2) is 0 Å². The van der Waals surface area contributed by atoms with Crippen molar-refractivity contribution < 1.29 is 14.3 Å². The number of hydrogen-bond acceptors (Lipinski definition) is 3. The maximum Gasteiger partial charge on any atom is 0.219 e. The summed E-state index contributed by atoms with van der Waals surface area (Å²) in [5.74, 6) is 0.104. The second-order valence-corrected chi connectivity index (χ2v) is 7.88. The van der Waals surface area contributed by atoms with Crippen LogP contribution in [0.15, 0.2) is 48.5 Å². The van der Waals surface area contributed by atoms with Crippen LogP contribution in [0.4, 0.5) is 4.39 Å². The first kappa shape index (κ1) is 19.1. The average molecular weight is 382 g/mol. The minimum absolute atomic E-state index is 0.105. The van der Waals surface area contributed by atoms with Crippen molar-refractivity contribution in [2.24, 2.45) is 0 Å². The Morgan fingerprint density at radius 2 is 1.64 bits per heavy atom. The molecule has 28 heavy (non-hydrogen) atoms. The van der Waals surface area contributed by atoms with E-state index in [1.807, 2.05) is 4.90 Å². The van der Waals surface area contributed by atoms with Crippen LogP contribution in [0.1, 0.15) is 31.2 Å². The maximum absolute atomic E-state index is 13.2. The van der Waals surface area contributed by atoms with Gasteiger partial charge in [0.05, 0.1) is 6.61 Å². The fourth-order valence-electron chi connectivity index (χ4n) is 4.77. The molecular weight excluding hydrogens is 355 g/mol. The molecule has 0 unspecified atom stereocenters. The number of halogens is 1. The Labute approximate surface area is 165 Å². The van der Waals surface area contributed by atoms with Gasteiger partial charge in [-0.3, -0.25) is 9.69 Å². The number of carbonyl (C=O) groups is 1. The summed E-state index contributed by atoms with van der Waals surface area (Å²) in [6.45, 7) is 4.28. The average Bonchev–Trinajstić information content (AvgIpc) is 2.67. The standard InChI is InChI=1S/C23H27FN2O2/c1-16(28)25-12-2-3-13-26-21(14-25)23(22(26)15-27)19-6-4-17(5-7-19)18-8-10-20(24)11-9-18/h4-11,21-23,27H,2-3,12-15H2,1H3/t21-,22+,23+/m0/s1. The minimum Gasteiger partial charge on any atom is -0.395 e. The van der Waals surface area contributed by atoms with Gasteiger partial charge in [0.25, 0.3) is 0 Å². The van der Waals surface area contributed by atoms with Crippen molar-refractivity contribution in [3.63, 3.8) is 0 Å². The van der Waals surface area contributed by atoms with Crippen molar-refractivity contribution >= 4 is 5.91 Å².